The number of halogens is 1. The van der Waals surface area contributed by atoms with Crippen molar-refractivity contribution in [3.8, 4) is 5.75 Å². The molecule has 0 saturated heterocycles. The van der Waals surface area contributed by atoms with E-state index < -0.39 is 18.1 Å². The number of hydrogen-bond acceptors (Lipinski definition) is 5. The summed E-state index contributed by atoms with van der Waals surface area (Å²) >= 11 is 5.72. The minimum Gasteiger partial charge on any atom is -0.491 e. The molecule has 0 bridgehead atoms. The molecular weight excluding hydrogens is 272 g/mol. The lowest BCUT2D eigenvalue weighted by Gasteiger charge is -2.14. The van der Waals surface area contributed by atoms with Crippen LogP contribution in [0.1, 0.15) is 0 Å². The third kappa shape index (κ3) is 6.40. The number of rotatable bonds is 8. The Hall–Kier alpha value is -1.34. The average Bonchev–Trinajstić information content (AvgIpc) is 2.37. The van der Waals surface area contributed by atoms with Gasteiger partial charge in [0, 0.05) is 18.1 Å². The molecule has 2 unspecified atom stereocenters. The molecule has 2 atom stereocenters. The molecule has 0 aliphatic carbocycles. The average molecular weight is 289 g/mol. The fourth-order valence-corrected chi connectivity index (χ4v) is 1.40. The zero-order valence-corrected chi connectivity index (χ0v) is 11.0. The maximum absolute atomic E-state index is 10.5. The zero-order chi connectivity index (χ0) is 14.3. The second-order valence-corrected chi connectivity index (χ2v) is 4.43. The van der Waals surface area contributed by atoms with Crippen LogP contribution in [0.15, 0.2) is 24.3 Å². The molecule has 5 N–H and O–H groups in total. The van der Waals surface area contributed by atoms with Gasteiger partial charge in [0.15, 0.2) is 0 Å². The van der Waals surface area contributed by atoms with Gasteiger partial charge in [-0.15, -0.1) is 0 Å². The van der Waals surface area contributed by atoms with Gasteiger partial charge in [0.25, 0.3) is 0 Å². The highest BCUT2D eigenvalue weighted by Gasteiger charge is 2.11. The van der Waals surface area contributed by atoms with Crippen molar-refractivity contribution in [1.82, 2.24) is 5.32 Å². The maximum atomic E-state index is 10.5. The Morgan fingerprint density at radius 3 is 2.53 bits per heavy atom. The van der Waals surface area contributed by atoms with E-state index in [1.807, 2.05) is 0 Å². The van der Waals surface area contributed by atoms with Gasteiger partial charge in [-0.3, -0.25) is 4.79 Å². The summed E-state index contributed by atoms with van der Waals surface area (Å²) in [4.78, 5) is 10.5. The molecule has 0 aliphatic rings. The standard InChI is InChI=1S/C12H17ClN2O4/c13-8-1-3-10(4-2-8)19-7-9(16)5-15-6-11(17)12(14)18/h1-4,9,11,15-17H,5-7H2,(H2,14,18). The molecule has 19 heavy (non-hydrogen) atoms. The number of ether oxygens (including phenoxy) is 1. The second kappa shape index (κ2) is 7.96. The molecule has 0 saturated carbocycles. The fourth-order valence-electron chi connectivity index (χ4n) is 1.27. The Kier molecular flexibility index (Phi) is 6.58. The van der Waals surface area contributed by atoms with Crippen molar-refractivity contribution in [2.24, 2.45) is 5.73 Å². The highest BCUT2D eigenvalue weighted by Crippen LogP contribution is 2.15. The van der Waals surface area contributed by atoms with Crippen LogP contribution in [0.25, 0.3) is 0 Å². The first-order valence-corrected chi connectivity index (χ1v) is 6.11. The van der Waals surface area contributed by atoms with Crippen molar-refractivity contribution >= 4 is 17.5 Å². The van der Waals surface area contributed by atoms with E-state index in [2.05, 4.69) is 5.32 Å². The smallest absolute Gasteiger partial charge is 0.247 e. The molecule has 1 rings (SSSR count). The van der Waals surface area contributed by atoms with E-state index in [1.54, 1.807) is 24.3 Å². The number of carbonyl (C=O) groups excluding carboxylic acids is 1. The van der Waals surface area contributed by atoms with Gasteiger partial charge >= 0.3 is 0 Å². The minimum atomic E-state index is -1.26. The summed E-state index contributed by atoms with van der Waals surface area (Å²) in [5.41, 5.74) is 4.87. The minimum absolute atomic E-state index is 0.00661. The molecule has 0 aliphatic heterocycles. The Bertz CT molecular complexity index is 399. The Balaban J connectivity index is 2.19. The van der Waals surface area contributed by atoms with Gasteiger partial charge in [0.2, 0.25) is 5.91 Å². The first-order valence-electron chi connectivity index (χ1n) is 5.73. The van der Waals surface area contributed by atoms with Crippen LogP contribution in [-0.4, -0.2) is 48.0 Å². The molecule has 0 aromatic heterocycles. The van der Waals surface area contributed by atoms with Gasteiger partial charge in [-0.1, -0.05) is 11.6 Å². The van der Waals surface area contributed by atoms with Crippen molar-refractivity contribution in [2.75, 3.05) is 19.7 Å². The normalized spacial score (nSPS) is 13.8. The number of nitrogens with one attached hydrogen (secondary N) is 1. The second-order valence-electron chi connectivity index (χ2n) is 4.00. The van der Waals surface area contributed by atoms with Crippen molar-refractivity contribution in [2.45, 2.75) is 12.2 Å². The van der Waals surface area contributed by atoms with Gasteiger partial charge in [-0.05, 0) is 24.3 Å². The highest BCUT2D eigenvalue weighted by atomic mass is 35.5. The van der Waals surface area contributed by atoms with Crippen molar-refractivity contribution < 1.29 is 19.7 Å². The lowest BCUT2D eigenvalue weighted by molar-refractivity contribution is -0.125. The van der Waals surface area contributed by atoms with Crippen LogP contribution < -0.4 is 15.8 Å². The molecule has 0 radical (unpaired) electrons. The summed E-state index contributed by atoms with van der Waals surface area (Å²) in [6, 6.07) is 6.76. The Morgan fingerprint density at radius 1 is 1.32 bits per heavy atom. The quantitative estimate of drug-likeness (QED) is 0.517. The van der Waals surface area contributed by atoms with E-state index >= 15 is 0 Å². The molecule has 1 aromatic rings. The predicted octanol–water partition coefficient (Wildman–Crippen LogP) is -0.484. The number of nitrogens with two attached hydrogens (primary N) is 1. The molecule has 1 aromatic carbocycles. The van der Waals surface area contributed by atoms with Crippen LogP contribution in [0.2, 0.25) is 5.02 Å². The predicted molar refractivity (Wildman–Crippen MR) is 71.0 cm³/mol. The number of carbonyl (C=O) groups is 1. The molecule has 0 heterocycles. The highest BCUT2D eigenvalue weighted by molar-refractivity contribution is 6.30. The van der Waals surface area contributed by atoms with E-state index in [0.29, 0.717) is 10.8 Å². The lowest BCUT2D eigenvalue weighted by atomic mass is 10.3. The van der Waals surface area contributed by atoms with Crippen LogP contribution >= 0.6 is 11.6 Å². The number of primary amides is 1. The van der Waals surface area contributed by atoms with Crippen LogP contribution in [0.4, 0.5) is 0 Å². The maximum Gasteiger partial charge on any atom is 0.247 e. The zero-order valence-electron chi connectivity index (χ0n) is 10.3. The molecule has 0 spiro atoms. The SMILES string of the molecule is NC(=O)C(O)CNCC(O)COc1ccc(Cl)cc1. The third-order valence-corrected chi connectivity index (χ3v) is 2.55. The van der Waals surface area contributed by atoms with Crippen molar-refractivity contribution in [3.63, 3.8) is 0 Å². The summed E-state index contributed by atoms with van der Waals surface area (Å²) in [5, 5.41) is 22.0. The first kappa shape index (κ1) is 15.7. The van der Waals surface area contributed by atoms with Crippen LogP contribution in [0.3, 0.4) is 0 Å². The number of benzene rings is 1. The van der Waals surface area contributed by atoms with Gasteiger partial charge in [0.05, 0.1) is 0 Å². The molecule has 7 heteroatoms. The van der Waals surface area contributed by atoms with E-state index in [1.165, 1.54) is 0 Å². The largest absolute Gasteiger partial charge is 0.491 e. The fraction of sp³-hybridized carbons (Fsp3) is 0.417. The molecule has 0 fully saturated rings. The van der Waals surface area contributed by atoms with E-state index in [0.717, 1.165) is 0 Å². The topological polar surface area (TPSA) is 105 Å². The summed E-state index contributed by atoms with van der Waals surface area (Å²) < 4.78 is 5.32. The summed E-state index contributed by atoms with van der Waals surface area (Å²) in [6.07, 6.45) is -2.03. The summed E-state index contributed by atoms with van der Waals surface area (Å²) in [6.45, 7) is 0.257. The molecule has 1 amide bonds. The van der Waals surface area contributed by atoms with Crippen LogP contribution in [0.5, 0.6) is 5.75 Å². The Morgan fingerprint density at radius 2 is 1.95 bits per heavy atom. The van der Waals surface area contributed by atoms with E-state index in [9.17, 15) is 9.90 Å². The van der Waals surface area contributed by atoms with E-state index in [-0.39, 0.29) is 19.7 Å². The van der Waals surface area contributed by atoms with Crippen molar-refractivity contribution in [3.05, 3.63) is 29.3 Å². The summed E-state index contributed by atoms with van der Waals surface area (Å²) in [7, 11) is 0. The molecule has 6 nitrogen and oxygen atoms in total. The molecule has 106 valence electrons. The van der Waals surface area contributed by atoms with Gasteiger partial charge in [0.1, 0.15) is 24.6 Å². The Labute approximate surface area is 116 Å². The number of hydrogen-bond donors (Lipinski definition) is 4. The van der Waals surface area contributed by atoms with Crippen LogP contribution in [0, 0.1) is 0 Å². The van der Waals surface area contributed by atoms with Gasteiger partial charge in [-0.2, -0.15) is 0 Å². The third-order valence-electron chi connectivity index (χ3n) is 2.30. The monoisotopic (exact) mass is 288 g/mol. The lowest BCUT2D eigenvalue weighted by Crippen LogP contribution is -2.41. The van der Waals surface area contributed by atoms with Crippen LogP contribution in [-0.2, 0) is 4.79 Å². The molecular formula is C12H17ClN2O4. The number of aliphatic hydroxyl groups is 2. The van der Waals surface area contributed by atoms with E-state index in [4.69, 9.17) is 27.2 Å². The van der Waals surface area contributed by atoms with Gasteiger partial charge < -0.3 is 26.0 Å². The summed E-state index contributed by atoms with van der Waals surface area (Å²) in [5.74, 6) is -0.208. The first-order chi connectivity index (χ1) is 8.99. The number of aliphatic hydroxyl groups excluding tert-OH is 2. The van der Waals surface area contributed by atoms with Crippen molar-refractivity contribution in [1.29, 1.82) is 0 Å². The number of amides is 1. The van der Waals surface area contributed by atoms with Gasteiger partial charge in [-0.25, -0.2) is 0 Å².